The van der Waals surface area contributed by atoms with Gasteiger partial charge in [0.2, 0.25) is 5.91 Å². The minimum Gasteiger partial charge on any atom is -0.406 e. The summed E-state index contributed by atoms with van der Waals surface area (Å²) < 4.78 is 42.0. The maximum atomic E-state index is 12.1. The smallest absolute Gasteiger partial charge is 0.406 e. The number of ether oxygens (including phenoxy) is 1. The molecule has 7 heteroatoms. The number of amides is 1. The molecule has 0 fully saturated rings. The molecule has 0 atom stereocenters. The molecule has 1 amide bonds. The molecule has 1 aromatic heterocycles. The molecule has 1 heterocycles. The van der Waals surface area contributed by atoms with Gasteiger partial charge in [0, 0.05) is 18.3 Å². The predicted molar refractivity (Wildman–Crippen MR) is 86.9 cm³/mol. The Labute approximate surface area is 141 Å². The first-order chi connectivity index (χ1) is 11.9. The summed E-state index contributed by atoms with van der Waals surface area (Å²) in [6, 6.07) is 15.1. The van der Waals surface area contributed by atoms with Crippen molar-refractivity contribution in [1.82, 2.24) is 9.88 Å². The van der Waals surface area contributed by atoms with Crippen molar-refractivity contribution >= 4 is 16.8 Å². The van der Waals surface area contributed by atoms with Gasteiger partial charge in [0.25, 0.3) is 0 Å². The van der Waals surface area contributed by atoms with Crippen LogP contribution in [0.5, 0.6) is 5.75 Å². The van der Waals surface area contributed by atoms with E-state index in [-0.39, 0.29) is 24.7 Å². The maximum absolute atomic E-state index is 12.1. The lowest BCUT2D eigenvalue weighted by Crippen LogP contribution is -2.26. The van der Waals surface area contributed by atoms with E-state index in [9.17, 15) is 18.0 Å². The van der Waals surface area contributed by atoms with Crippen LogP contribution < -0.4 is 10.1 Å². The van der Waals surface area contributed by atoms with Crippen LogP contribution in [0.4, 0.5) is 13.2 Å². The first kappa shape index (κ1) is 16.9. The number of nitrogens with zero attached hydrogens (tertiary/aromatic N) is 1. The Balaban J connectivity index is 1.55. The molecule has 3 rings (SSSR count). The summed E-state index contributed by atoms with van der Waals surface area (Å²) in [5.41, 5.74) is 1.64. The number of rotatable bonds is 5. The van der Waals surface area contributed by atoms with Gasteiger partial charge in [-0.25, -0.2) is 0 Å². The van der Waals surface area contributed by atoms with Gasteiger partial charge >= 0.3 is 6.36 Å². The summed E-state index contributed by atoms with van der Waals surface area (Å²) in [6.45, 7) is 0.396. The highest BCUT2D eigenvalue weighted by Gasteiger charge is 2.30. The van der Waals surface area contributed by atoms with Crippen molar-refractivity contribution in [1.29, 1.82) is 0 Å². The zero-order chi connectivity index (χ0) is 17.9. The molecule has 0 radical (unpaired) electrons. The molecule has 0 saturated carbocycles. The lowest BCUT2D eigenvalue weighted by molar-refractivity contribution is -0.274. The van der Waals surface area contributed by atoms with Crippen LogP contribution in [0.25, 0.3) is 10.9 Å². The minimum atomic E-state index is -4.71. The molecule has 4 nitrogen and oxygen atoms in total. The van der Waals surface area contributed by atoms with E-state index >= 15 is 0 Å². The van der Waals surface area contributed by atoms with E-state index in [2.05, 4.69) is 10.1 Å². The van der Waals surface area contributed by atoms with Gasteiger partial charge < -0.3 is 14.6 Å². The van der Waals surface area contributed by atoms with E-state index < -0.39 is 6.36 Å². The number of nitrogens with one attached hydrogen (secondary N) is 1. The molecule has 130 valence electrons. The third kappa shape index (κ3) is 4.53. The van der Waals surface area contributed by atoms with Crippen molar-refractivity contribution in [2.45, 2.75) is 19.5 Å². The van der Waals surface area contributed by atoms with Crippen LogP contribution in [-0.4, -0.2) is 16.8 Å². The molecule has 2 aromatic carbocycles. The number of alkyl halides is 3. The molecular formula is C18H15F3N2O2. The third-order valence-corrected chi connectivity index (χ3v) is 3.64. The number of halogens is 3. The number of hydrogen-bond donors (Lipinski definition) is 1. The van der Waals surface area contributed by atoms with Crippen molar-refractivity contribution in [3.05, 3.63) is 66.4 Å². The third-order valence-electron chi connectivity index (χ3n) is 3.64. The average molecular weight is 348 g/mol. The number of para-hydroxylation sites is 1. The molecule has 0 aliphatic rings. The number of hydrogen-bond acceptors (Lipinski definition) is 2. The summed E-state index contributed by atoms with van der Waals surface area (Å²) in [4.78, 5) is 12.1. The number of benzene rings is 2. The van der Waals surface area contributed by atoms with Crippen LogP contribution in [0.2, 0.25) is 0 Å². The van der Waals surface area contributed by atoms with Gasteiger partial charge in [-0.05, 0) is 35.2 Å². The quantitative estimate of drug-likeness (QED) is 0.761. The van der Waals surface area contributed by atoms with Crippen LogP contribution >= 0.6 is 0 Å². The Morgan fingerprint density at radius 3 is 2.48 bits per heavy atom. The lowest BCUT2D eigenvalue weighted by Gasteiger charge is -2.10. The SMILES string of the molecule is O=C(Cn1ccc2ccccc21)NCc1ccc(OC(F)(F)F)cc1. The van der Waals surface area contributed by atoms with Gasteiger partial charge in [-0.2, -0.15) is 0 Å². The number of fused-ring (bicyclic) bond motifs is 1. The molecule has 25 heavy (non-hydrogen) atoms. The second-order valence-corrected chi connectivity index (χ2v) is 5.47. The zero-order valence-corrected chi connectivity index (χ0v) is 13.1. The normalized spacial score (nSPS) is 11.5. The topological polar surface area (TPSA) is 43.3 Å². The standard InChI is InChI=1S/C18H15F3N2O2/c19-18(20,21)25-15-7-5-13(6-8-15)11-22-17(24)12-23-10-9-14-3-1-2-4-16(14)23/h1-10H,11-12H2,(H,22,24). The summed E-state index contributed by atoms with van der Waals surface area (Å²) in [7, 11) is 0. The minimum absolute atomic E-state index is 0.169. The first-order valence-corrected chi connectivity index (χ1v) is 7.56. The molecule has 0 spiro atoms. The monoisotopic (exact) mass is 348 g/mol. The highest BCUT2D eigenvalue weighted by atomic mass is 19.4. The van der Waals surface area contributed by atoms with Gasteiger partial charge in [0.1, 0.15) is 12.3 Å². The molecule has 0 unspecified atom stereocenters. The molecule has 0 saturated heterocycles. The van der Waals surface area contributed by atoms with Gasteiger partial charge in [-0.3, -0.25) is 4.79 Å². The second-order valence-electron chi connectivity index (χ2n) is 5.47. The number of carbonyl (C=O) groups is 1. The molecule has 3 aromatic rings. The Kier molecular flexibility index (Phi) is 4.65. The van der Waals surface area contributed by atoms with Crippen molar-refractivity contribution in [2.24, 2.45) is 0 Å². The fraction of sp³-hybridized carbons (Fsp3) is 0.167. The number of carbonyl (C=O) groups excluding carboxylic acids is 1. The van der Waals surface area contributed by atoms with Crippen LogP contribution in [0.3, 0.4) is 0 Å². The van der Waals surface area contributed by atoms with Gasteiger partial charge in [-0.15, -0.1) is 13.2 Å². The second kappa shape index (κ2) is 6.88. The Morgan fingerprint density at radius 2 is 1.76 bits per heavy atom. The van der Waals surface area contributed by atoms with Crippen LogP contribution in [0.15, 0.2) is 60.8 Å². The van der Waals surface area contributed by atoms with Crippen molar-refractivity contribution in [3.8, 4) is 5.75 Å². The van der Waals surface area contributed by atoms with Crippen molar-refractivity contribution in [2.75, 3.05) is 0 Å². The summed E-state index contributed by atoms with van der Waals surface area (Å²) >= 11 is 0. The Morgan fingerprint density at radius 1 is 1.04 bits per heavy atom. The average Bonchev–Trinajstić information content (AvgIpc) is 2.96. The van der Waals surface area contributed by atoms with E-state index in [1.165, 1.54) is 24.3 Å². The van der Waals surface area contributed by atoms with Gasteiger partial charge in [0.15, 0.2) is 0 Å². The fourth-order valence-electron chi connectivity index (χ4n) is 2.50. The van der Waals surface area contributed by atoms with E-state index in [1.807, 2.05) is 41.1 Å². The maximum Gasteiger partial charge on any atom is 0.573 e. The van der Waals surface area contributed by atoms with Gasteiger partial charge in [-0.1, -0.05) is 30.3 Å². The summed E-state index contributed by atoms with van der Waals surface area (Å²) in [6.07, 6.45) is -2.87. The van der Waals surface area contributed by atoms with E-state index in [0.29, 0.717) is 5.56 Å². The fourth-order valence-corrected chi connectivity index (χ4v) is 2.50. The Bertz CT molecular complexity index is 870. The van der Waals surface area contributed by atoms with Crippen LogP contribution in [0.1, 0.15) is 5.56 Å². The highest BCUT2D eigenvalue weighted by molar-refractivity contribution is 5.83. The molecule has 0 bridgehead atoms. The van der Waals surface area contributed by atoms with Crippen molar-refractivity contribution < 1.29 is 22.7 Å². The summed E-state index contributed by atoms with van der Waals surface area (Å²) in [5, 5.41) is 3.80. The predicted octanol–water partition coefficient (Wildman–Crippen LogP) is 3.86. The number of aromatic nitrogens is 1. The van der Waals surface area contributed by atoms with E-state index in [1.54, 1.807) is 0 Å². The first-order valence-electron chi connectivity index (χ1n) is 7.56. The van der Waals surface area contributed by atoms with E-state index in [0.717, 1.165) is 10.9 Å². The Hall–Kier alpha value is -2.96. The molecule has 0 aliphatic heterocycles. The van der Waals surface area contributed by atoms with E-state index in [4.69, 9.17) is 0 Å². The molecular weight excluding hydrogens is 333 g/mol. The molecule has 0 aliphatic carbocycles. The molecule has 1 N–H and O–H groups in total. The lowest BCUT2D eigenvalue weighted by atomic mass is 10.2. The zero-order valence-electron chi connectivity index (χ0n) is 13.1. The van der Waals surface area contributed by atoms with Crippen LogP contribution in [-0.2, 0) is 17.9 Å². The van der Waals surface area contributed by atoms with Gasteiger partial charge in [0.05, 0.1) is 0 Å². The van der Waals surface area contributed by atoms with Crippen molar-refractivity contribution in [3.63, 3.8) is 0 Å². The largest absolute Gasteiger partial charge is 0.573 e. The summed E-state index contributed by atoms with van der Waals surface area (Å²) in [5.74, 6) is -0.474. The highest BCUT2D eigenvalue weighted by Crippen LogP contribution is 2.22. The van der Waals surface area contributed by atoms with Crippen LogP contribution in [0, 0.1) is 0 Å².